The molecule has 6 heteroatoms. The van der Waals surface area contributed by atoms with Gasteiger partial charge in [-0.05, 0) is 6.92 Å². The SMILES string of the molecule is CC(Cn1ccnc1)NCC(=O)N1CCOCC1. The fourth-order valence-corrected chi connectivity index (χ4v) is 1.96. The number of ether oxygens (including phenoxy) is 1. The van der Waals surface area contributed by atoms with E-state index < -0.39 is 0 Å². The molecule has 0 radical (unpaired) electrons. The lowest BCUT2D eigenvalue weighted by molar-refractivity contribution is -0.134. The third kappa shape index (κ3) is 3.82. The first-order chi connectivity index (χ1) is 8.75. The van der Waals surface area contributed by atoms with Crippen LogP contribution < -0.4 is 5.32 Å². The Morgan fingerprint density at radius 3 is 2.94 bits per heavy atom. The van der Waals surface area contributed by atoms with E-state index >= 15 is 0 Å². The molecule has 2 heterocycles. The second kappa shape index (κ2) is 6.51. The molecule has 1 saturated heterocycles. The van der Waals surface area contributed by atoms with Crippen molar-refractivity contribution in [2.24, 2.45) is 0 Å². The van der Waals surface area contributed by atoms with Gasteiger partial charge in [-0.2, -0.15) is 0 Å². The van der Waals surface area contributed by atoms with Gasteiger partial charge in [-0.3, -0.25) is 4.79 Å². The van der Waals surface area contributed by atoms with E-state index in [1.807, 2.05) is 15.7 Å². The largest absolute Gasteiger partial charge is 0.378 e. The van der Waals surface area contributed by atoms with Gasteiger partial charge in [-0.15, -0.1) is 0 Å². The quantitative estimate of drug-likeness (QED) is 0.783. The van der Waals surface area contributed by atoms with Crippen LogP contribution >= 0.6 is 0 Å². The standard InChI is InChI=1S/C12H20N4O2/c1-11(9-15-3-2-13-10-15)14-8-12(17)16-4-6-18-7-5-16/h2-3,10-11,14H,4-9H2,1H3. The molecular weight excluding hydrogens is 232 g/mol. The van der Waals surface area contributed by atoms with Crippen molar-refractivity contribution in [2.75, 3.05) is 32.8 Å². The molecule has 1 aromatic heterocycles. The van der Waals surface area contributed by atoms with E-state index in [0.717, 1.165) is 6.54 Å². The van der Waals surface area contributed by atoms with Gasteiger partial charge in [0.1, 0.15) is 0 Å². The molecule has 6 nitrogen and oxygen atoms in total. The van der Waals surface area contributed by atoms with E-state index in [1.54, 1.807) is 12.5 Å². The Morgan fingerprint density at radius 1 is 1.50 bits per heavy atom. The lowest BCUT2D eigenvalue weighted by Crippen LogP contribution is -2.46. The molecule has 2 rings (SSSR count). The lowest BCUT2D eigenvalue weighted by atomic mass is 10.3. The van der Waals surface area contributed by atoms with Crippen molar-refractivity contribution in [1.82, 2.24) is 19.8 Å². The van der Waals surface area contributed by atoms with Crippen LogP contribution in [0.1, 0.15) is 6.92 Å². The number of rotatable bonds is 5. The summed E-state index contributed by atoms with van der Waals surface area (Å²) in [5, 5.41) is 3.24. The molecule has 18 heavy (non-hydrogen) atoms. The number of nitrogens with one attached hydrogen (secondary N) is 1. The predicted molar refractivity (Wildman–Crippen MR) is 67.1 cm³/mol. The molecule has 1 fully saturated rings. The number of morpholine rings is 1. The Morgan fingerprint density at radius 2 is 2.28 bits per heavy atom. The Kier molecular flexibility index (Phi) is 4.72. The maximum absolute atomic E-state index is 11.9. The highest BCUT2D eigenvalue weighted by molar-refractivity contribution is 5.78. The summed E-state index contributed by atoms with van der Waals surface area (Å²) in [5.74, 6) is 0.149. The van der Waals surface area contributed by atoms with Gasteiger partial charge in [-0.1, -0.05) is 0 Å². The molecule has 1 unspecified atom stereocenters. The van der Waals surface area contributed by atoms with Gasteiger partial charge < -0.3 is 19.5 Å². The monoisotopic (exact) mass is 252 g/mol. The molecule has 0 aliphatic carbocycles. The first-order valence-corrected chi connectivity index (χ1v) is 6.30. The van der Waals surface area contributed by atoms with Crippen molar-refractivity contribution < 1.29 is 9.53 Å². The van der Waals surface area contributed by atoms with Crippen LogP contribution in [0.25, 0.3) is 0 Å². The van der Waals surface area contributed by atoms with Crippen LogP contribution in [-0.4, -0.2) is 59.2 Å². The van der Waals surface area contributed by atoms with Gasteiger partial charge in [0, 0.05) is 38.1 Å². The number of hydrogen-bond donors (Lipinski definition) is 1. The van der Waals surface area contributed by atoms with E-state index in [1.165, 1.54) is 0 Å². The predicted octanol–water partition coefficient (Wildman–Crippen LogP) is -0.280. The van der Waals surface area contributed by atoms with Crippen molar-refractivity contribution in [3.8, 4) is 0 Å². The van der Waals surface area contributed by atoms with Gasteiger partial charge in [0.15, 0.2) is 0 Å². The topological polar surface area (TPSA) is 59.4 Å². The van der Waals surface area contributed by atoms with Crippen molar-refractivity contribution in [1.29, 1.82) is 0 Å². The van der Waals surface area contributed by atoms with E-state index in [0.29, 0.717) is 32.8 Å². The van der Waals surface area contributed by atoms with Crippen LogP contribution in [0.4, 0.5) is 0 Å². The summed E-state index contributed by atoms with van der Waals surface area (Å²) in [7, 11) is 0. The van der Waals surface area contributed by atoms with Crippen molar-refractivity contribution in [3.05, 3.63) is 18.7 Å². The zero-order chi connectivity index (χ0) is 12.8. The minimum Gasteiger partial charge on any atom is -0.378 e. The number of aromatic nitrogens is 2. The van der Waals surface area contributed by atoms with E-state index in [2.05, 4.69) is 17.2 Å². The number of carbonyl (C=O) groups is 1. The van der Waals surface area contributed by atoms with Gasteiger partial charge in [0.2, 0.25) is 5.91 Å². The maximum Gasteiger partial charge on any atom is 0.236 e. The Labute approximate surface area is 107 Å². The molecule has 0 saturated carbocycles. The van der Waals surface area contributed by atoms with E-state index in [-0.39, 0.29) is 11.9 Å². The van der Waals surface area contributed by atoms with Crippen LogP contribution in [-0.2, 0) is 16.1 Å². The number of imidazole rings is 1. The summed E-state index contributed by atoms with van der Waals surface area (Å²) < 4.78 is 7.22. The minimum atomic E-state index is 0.149. The number of nitrogens with zero attached hydrogens (tertiary/aromatic N) is 3. The summed E-state index contributed by atoms with van der Waals surface area (Å²) in [6, 6.07) is 0.240. The smallest absolute Gasteiger partial charge is 0.236 e. The molecule has 0 aromatic carbocycles. The number of hydrogen-bond acceptors (Lipinski definition) is 4. The molecule has 1 aliphatic heterocycles. The van der Waals surface area contributed by atoms with Gasteiger partial charge in [0.25, 0.3) is 0 Å². The van der Waals surface area contributed by atoms with Gasteiger partial charge in [0.05, 0.1) is 26.1 Å². The third-order valence-electron chi connectivity index (χ3n) is 3.01. The summed E-state index contributed by atoms with van der Waals surface area (Å²) in [6.07, 6.45) is 5.45. The molecule has 0 bridgehead atoms. The third-order valence-corrected chi connectivity index (χ3v) is 3.01. The average Bonchev–Trinajstić information content (AvgIpc) is 2.90. The van der Waals surface area contributed by atoms with E-state index in [9.17, 15) is 4.79 Å². The highest BCUT2D eigenvalue weighted by Gasteiger charge is 2.16. The van der Waals surface area contributed by atoms with Crippen LogP contribution in [0.3, 0.4) is 0 Å². The van der Waals surface area contributed by atoms with Crippen LogP contribution in [0, 0.1) is 0 Å². The van der Waals surface area contributed by atoms with Crippen molar-refractivity contribution >= 4 is 5.91 Å². The highest BCUT2D eigenvalue weighted by atomic mass is 16.5. The summed E-state index contributed by atoms with van der Waals surface area (Å²) in [6.45, 7) is 5.97. The maximum atomic E-state index is 11.9. The lowest BCUT2D eigenvalue weighted by Gasteiger charge is -2.27. The molecule has 100 valence electrons. The summed E-state index contributed by atoms with van der Waals surface area (Å²) in [4.78, 5) is 17.7. The summed E-state index contributed by atoms with van der Waals surface area (Å²) in [5.41, 5.74) is 0. The van der Waals surface area contributed by atoms with E-state index in [4.69, 9.17) is 4.74 Å². The molecule has 1 atom stereocenters. The average molecular weight is 252 g/mol. The zero-order valence-corrected chi connectivity index (χ0v) is 10.7. The molecule has 1 amide bonds. The second-order valence-corrected chi connectivity index (χ2v) is 4.53. The molecule has 1 N–H and O–H groups in total. The Hall–Kier alpha value is -1.40. The van der Waals surface area contributed by atoms with Crippen molar-refractivity contribution in [2.45, 2.75) is 19.5 Å². The molecule has 1 aliphatic rings. The normalized spacial score (nSPS) is 17.7. The van der Waals surface area contributed by atoms with Gasteiger partial charge in [-0.25, -0.2) is 4.98 Å². The van der Waals surface area contributed by atoms with Gasteiger partial charge >= 0.3 is 0 Å². The fourth-order valence-electron chi connectivity index (χ4n) is 1.96. The Bertz CT molecular complexity index is 360. The molecule has 1 aromatic rings. The number of amides is 1. The first-order valence-electron chi connectivity index (χ1n) is 6.30. The fraction of sp³-hybridized carbons (Fsp3) is 0.667. The summed E-state index contributed by atoms with van der Waals surface area (Å²) >= 11 is 0. The van der Waals surface area contributed by atoms with Crippen LogP contribution in [0.2, 0.25) is 0 Å². The number of carbonyl (C=O) groups excluding carboxylic acids is 1. The van der Waals surface area contributed by atoms with Crippen molar-refractivity contribution in [3.63, 3.8) is 0 Å². The van der Waals surface area contributed by atoms with Crippen LogP contribution in [0.15, 0.2) is 18.7 Å². The van der Waals surface area contributed by atoms with Crippen LogP contribution in [0.5, 0.6) is 0 Å². The minimum absolute atomic E-state index is 0.149. The molecular formula is C12H20N4O2. The second-order valence-electron chi connectivity index (χ2n) is 4.53. The highest BCUT2D eigenvalue weighted by Crippen LogP contribution is 1.97. The zero-order valence-electron chi connectivity index (χ0n) is 10.7. The Balaban J connectivity index is 1.68. The molecule has 0 spiro atoms. The first kappa shape index (κ1) is 13.0.